The summed E-state index contributed by atoms with van der Waals surface area (Å²) in [6.45, 7) is 0. The van der Waals surface area contributed by atoms with Gasteiger partial charge in [0.15, 0.2) is 5.65 Å². The Hall–Kier alpha value is -2.27. The summed E-state index contributed by atoms with van der Waals surface area (Å²) in [6, 6.07) is 7.86. The summed E-state index contributed by atoms with van der Waals surface area (Å²) in [7, 11) is 0. The van der Waals surface area contributed by atoms with Crippen LogP contribution >= 0.6 is 11.6 Å². The number of rotatable bonds is 3. The Morgan fingerprint density at radius 2 is 2.24 bits per heavy atom. The average molecular weight is 302 g/mol. The van der Waals surface area contributed by atoms with Gasteiger partial charge in [0.25, 0.3) is 0 Å². The smallest absolute Gasteiger partial charge is 0.317 e. The van der Waals surface area contributed by atoms with Gasteiger partial charge in [-0.25, -0.2) is 0 Å². The molecule has 3 aromatic rings. The van der Waals surface area contributed by atoms with Crippen LogP contribution < -0.4 is 10.3 Å². The number of nitrogens with one attached hydrogen (secondary N) is 1. The van der Waals surface area contributed by atoms with Gasteiger partial charge in [-0.1, -0.05) is 23.7 Å². The number of fused-ring (bicyclic) bond motifs is 1. The number of hydrogen-bond donors (Lipinski definition) is 1. The molecule has 1 fully saturated rings. The number of hydrogen-bond acceptors (Lipinski definition) is 3. The second kappa shape index (κ2) is 4.63. The van der Waals surface area contributed by atoms with Gasteiger partial charge >= 0.3 is 5.56 Å². The molecular formula is C15H12ClN3O2. The number of aromatic nitrogens is 3. The first kappa shape index (κ1) is 12.5. The Labute approximate surface area is 125 Å². The molecule has 0 radical (unpaired) electrons. The molecule has 0 atom stereocenters. The lowest BCUT2D eigenvalue weighted by atomic mass is 10.1. The molecule has 0 bridgehead atoms. The third kappa shape index (κ3) is 2.19. The predicted molar refractivity (Wildman–Crippen MR) is 79.3 cm³/mol. The van der Waals surface area contributed by atoms with Crippen molar-refractivity contribution in [2.75, 3.05) is 0 Å². The fraction of sp³-hybridized carbons (Fsp3) is 0.200. The molecule has 5 nitrogen and oxygen atoms in total. The maximum Gasteiger partial charge on any atom is 0.317 e. The molecule has 0 unspecified atom stereocenters. The van der Waals surface area contributed by atoms with Crippen LogP contribution in [-0.4, -0.2) is 14.6 Å². The van der Waals surface area contributed by atoms with Crippen molar-refractivity contribution < 1.29 is 4.74 Å². The van der Waals surface area contributed by atoms with E-state index in [1.54, 1.807) is 0 Å². The van der Waals surface area contributed by atoms with E-state index in [0.29, 0.717) is 22.3 Å². The summed E-state index contributed by atoms with van der Waals surface area (Å²) in [5, 5.41) is 4.33. The fourth-order valence-electron chi connectivity index (χ4n) is 2.36. The van der Waals surface area contributed by atoms with Gasteiger partial charge in [0.2, 0.25) is 5.75 Å². The zero-order valence-corrected chi connectivity index (χ0v) is 11.8. The van der Waals surface area contributed by atoms with Crippen LogP contribution in [0.25, 0.3) is 5.65 Å². The summed E-state index contributed by atoms with van der Waals surface area (Å²) < 4.78 is 6.89. The summed E-state index contributed by atoms with van der Waals surface area (Å²) in [4.78, 5) is 15.2. The minimum absolute atomic E-state index is 0.190. The molecule has 2 heterocycles. The summed E-state index contributed by atoms with van der Waals surface area (Å²) in [5.74, 6) is 1.48. The SMILES string of the molecule is O=c1c(Oc2cccc(C3CC3)c2)c[nH]c2c(Cl)cnn12. The Bertz CT molecular complexity index is 880. The molecular weight excluding hydrogens is 290 g/mol. The van der Waals surface area contributed by atoms with Crippen molar-refractivity contribution in [1.82, 2.24) is 14.6 Å². The van der Waals surface area contributed by atoms with E-state index < -0.39 is 0 Å². The molecule has 4 rings (SSSR count). The van der Waals surface area contributed by atoms with E-state index in [2.05, 4.69) is 16.1 Å². The van der Waals surface area contributed by atoms with Crippen molar-refractivity contribution in [1.29, 1.82) is 0 Å². The van der Waals surface area contributed by atoms with Gasteiger partial charge in [-0.15, -0.1) is 0 Å². The third-order valence-electron chi connectivity index (χ3n) is 3.60. The fourth-order valence-corrected chi connectivity index (χ4v) is 2.54. The van der Waals surface area contributed by atoms with Crippen LogP contribution in [0.15, 0.2) is 41.5 Å². The van der Waals surface area contributed by atoms with Crippen LogP contribution in [0.4, 0.5) is 0 Å². The summed E-state index contributed by atoms with van der Waals surface area (Å²) in [6.07, 6.45) is 5.38. The Balaban J connectivity index is 1.72. The van der Waals surface area contributed by atoms with Gasteiger partial charge in [-0.05, 0) is 36.5 Å². The number of ether oxygens (including phenoxy) is 1. The van der Waals surface area contributed by atoms with E-state index >= 15 is 0 Å². The highest BCUT2D eigenvalue weighted by Gasteiger charge is 2.23. The number of benzene rings is 1. The predicted octanol–water partition coefficient (Wildman–Crippen LogP) is 3.35. The number of halogens is 1. The van der Waals surface area contributed by atoms with Crippen molar-refractivity contribution in [3.05, 3.63) is 57.6 Å². The van der Waals surface area contributed by atoms with E-state index in [0.717, 1.165) is 0 Å². The summed E-state index contributed by atoms with van der Waals surface area (Å²) in [5.41, 5.74) is 1.38. The number of nitrogens with zero attached hydrogens (tertiary/aromatic N) is 2. The molecule has 0 saturated heterocycles. The molecule has 1 saturated carbocycles. The molecule has 1 N–H and O–H groups in total. The van der Waals surface area contributed by atoms with E-state index in [1.807, 2.05) is 18.2 Å². The highest BCUT2D eigenvalue weighted by atomic mass is 35.5. The normalized spacial score (nSPS) is 14.5. The minimum Gasteiger partial charge on any atom is -0.450 e. The molecule has 1 aliphatic rings. The first-order chi connectivity index (χ1) is 10.2. The lowest BCUT2D eigenvalue weighted by molar-refractivity contribution is 0.468. The number of aromatic amines is 1. The van der Waals surface area contributed by atoms with Crippen molar-refractivity contribution in [2.24, 2.45) is 0 Å². The van der Waals surface area contributed by atoms with Gasteiger partial charge in [0.1, 0.15) is 10.8 Å². The molecule has 21 heavy (non-hydrogen) atoms. The first-order valence-corrected chi connectivity index (χ1v) is 7.13. The molecule has 2 aromatic heterocycles. The minimum atomic E-state index is -0.340. The van der Waals surface area contributed by atoms with E-state index in [4.69, 9.17) is 16.3 Å². The molecule has 0 amide bonds. The van der Waals surface area contributed by atoms with Gasteiger partial charge in [-0.2, -0.15) is 9.61 Å². The standard InChI is InChI=1S/C15H12ClN3O2/c16-12-7-18-19-14(12)17-8-13(15(19)20)21-11-3-1-2-10(6-11)9-4-5-9/h1-3,6-9,17H,4-5H2. The van der Waals surface area contributed by atoms with Crippen molar-refractivity contribution in [2.45, 2.75) is 18.8 Å². The zero-order valence-electron chi connectivity index (χ0n) is 11.0. The van der Waals surface area contributed by atoms with Crippen LogP contribution in [0, 0.1) is 0 Å². The highest BCUT2D eigenvalue weighted by molar-refractivity contribution is 6.33. The van der Waals surface area contributed by atoms with Crippen molar-refractivity contribution in [3.63, 3.8) is 0 Å². The topological polar surface area (TPSA) is 59.4 Å². The Morgan fingerprint density at radius 3 is 3.05 bits per heavy atom. The third-order valence-corrected chi connectivity index (χ3v) is 3.88. The maximum atomic E-state index is 12.3. The molecule has 0 spiro atoms. The second-order valence-corrected chi connectivity index (χ2v) is 5.57. The molecule has 1 aliphatic carbocycles. The zero-order chi connectivity index (χ0) is 14.4. The average Bonchev–Trinajstić information content (AvgIpc) is 3.27. The van der Waals surface area contributed by atoms with Crippen molar-refractivity contribution in [3.8, 4) is 11.5 Å². The Morgan fingerprint density at radius 1 is 1.38 bits per heavy atom. The maximum absolute atomic E-state index is 12.3. The van der Waals surface area contributed by atoms with Crippen LogP contribution in [0.5, 0.6) is 11.5 Å². The highest BCUT2D eigenvalue weighted by Crippen LogP contribution is 2.41. The molecule has 106 valence electrons. The molecule has 0 aliphatic heterocycles. The van der Waals surface area contributed by atoms with Gasteiger partial charge < -0.3 is 9.72 Å². The van der Waals surface area contributed by atoms with Gasteiger partial charge in [0.05, 0.1) is 12.4 Å². The van der Waals surface area contributed by atoms with E-state index in [9.17, 15) is 4.79 Å². The van der Waals surface area contributed by atoms with Crippen LogP contribution in [0.2, 0.25) is 5.02 Å². The lowest BCUT2D eigenvalue weighted by Gasteiger charge is -2.07. The quantitative estimate of drug-likeness (QED) is 0.807. The van der Waals surface area contributed by atoms with Crippen LogP contribution in [-0.2, 0) is 0 Å². The van der Waals surface area contributed by atoms with Gasteiger partial charge in [0, 0.05) is 0 Å². The van der Waals surface area contributed by atoms with Crippen molar-refractivity contribution >= 4 is 17.2 Å². The first-order valence-electron chi connectivity index (χ1n) is 6.75. The summed E-state index contributed by atoms with van der Waals surface area (Å²) >= 11 is 5.93. The van der Waals surface area contributed by atoms with Gasteiger partial charge in [-0.3, -0.25) is 4.79 Å². The van der Waals surface area contributed by atoms with E-state index in [-0.39, 0.29) is 11.3 Å². The lowest BCUT2D eigenvalue weighted by Crippen LogP contribution is -2.16. The monoisotopic (exact) mass is 301 g/mol. The van der Waals surface area contributed by atoms with Crippen LogP contribution in [0.1, 0.15) is 24.3 Å². The van der Waals surface area contributed by atoms with E-state index in [1.165, 1.54) is 35.3 Å². The second-order valence-electron chi connectivity index (χ2n) is 5.16. The molecule has 6 heteroatoms. The largest absolute Gasteiger partial charge is 0.450 e. The Kier molecular flexibility index (Phi) is 2.75. The van der Waals surface area contributed by atoms with Crippen LogP contribution in [0.3, 0.4) is 0 Å². The molecule has 1 aromatic carbocycles. The number of H-pyrrole nitrogens is 1.